The van der Waals surface area contributed by atoms with Crippen LogP contribution in [-0.2, 0) is 6.18 Å². The molecule has 4 N–H and O–H groups in total. The molecule has 8 heteroatoms. The van der Waals surface area contributed by atoms with Crippen LogP contribution in [0.3, 0.4) is 0 Å². The van der Waals surface area contributed by atoms with Gasteiger partial charge in [-0.05, 0) is 61.0 Å². The van der Waals surface area contributed by atoms with Gasteiger partial charge in [-0.15, -0.1) is 24.4 Å². The predicted molar refractivity (Wildman–Crippen MR) is 144 cm³/mol. The highest BCUT2D eigenvalue weighted by molar-refractivity contribution is 8.00. The maximum atomic E-state index is 12.0. The van der Waals surface area contributed by atoms with E-state index in [0.717, 1.165) is 33.6 Å². The predicted octanol–water partition coefficient (Wildman–Crippen LogP) is 8.05. The number of fused-ring (bicyclic) bond motifs is 1. The van der Waals surface area contributed by atoms with Crippen molar-refractivity contribution in [1.82, 2.24) is 0 Å². The lowest BCUT2D eigenvalue weighted by molar-refractivity contribution is -0.136. The van der Waals surface area contributed by atoms with Crippen LogP contribution in [0.15, 0.2) is 95.4 Å². The first-order valence-electron chi connectivity index (χ1n) is 10.3. The molecule has 0 saturated heterocycles. The molecule has 4 rings (SSSR count). The summed E-state index contributed by atoms with van der Waals surface area (Å²) in [6.07, 6.45) is -2.49. The molecule has 1 heterocycles. The molecule has 0 bridgehead atoms. The van der Waals surface area contributed by atoms with Gasteiger partial charge in [-0.3, -0.25) is 0 Å². The summed E-state index contributed by atoms with van der Waals surface area (Å²) in [6.45, 7) is 9.91. The van der Waals surface area contributed by atoms with Gasteiger partial charge in [0.1, 0.15) is 0 Å². The first kappa shape index (κ1) is 27.3. The number of benzene rings is 3. The van der Waals surface area contributed by atoms with Crippen molar-refractivity contribution in [2.45, 2.75) is 28.1 Å². The number of thioether (sulfide) groups is 1. The lowest BCUT2D eigenvalue weighted by Crippen LogP contribution is -2.14. The topological polar surface area (TPSA) is 50.1 Å². The van der Waals surface area contributed by atoms with Crippen molar-refractivity contribution in [3.05, 3.63) is 96.7 Å². The van der Waals surface area contributed by atoms with E-state index < -0.39 is 11.7 Å². The van der Waals surface area contributed by atoms with Crippen LogP contribution >= 0.6 is 24.4 Å². The van der Waals surface area contributed by atoms with Crippen molar-refractivity contribution in [2.24, 2.45) is 0 Å². The van der Waals surface area contributed by atoms with E-state index in [9.17, 15) is 13.2 Å². The van der Waals surface area contributed by atoms with E-state index in [-0.39, 0.29) is 5.69 Å². The summed E-state index contributed by atoms with van der Waals surface area (Å²) >= 11 is 5.99. The van der Waals surface area contributed by atoms with Crippen molar-refractivity contribution in [3.8, 4) is 0 Å². The van der Waals surface area contributed by atoms with Gasteiger partial charge in [0.25, 0.3) is 0 Å². The van der Waals surface area contributed by atoms with Crippen LogP contribution < -0.4 is 16.4 Å². The molecule has 3 nitrogen and oxygen atoms in total. The summed E-state index contributed by atoms with van der Waals surface area (Å²) in [6, 6.07) is 19.1. The Kier molecular flexibility index (Phi) is 10.0. The molecule has 3 aromatic carbocycles. The zero-order valence-corrected chi connectivity index (χ0v) is 20.7. The molecular formula is C26H28F3N3S2. The van der Waals surface area contributed by atoms with Gasteiger partial charge >= 0.3 is 6.18 Å². The third-order valence-electron chi connectivity index (χ3n) is 4.75. The SMILES string of the molecule is C=Cc1ccc2c(c1)NC(=C)C(C)S2.CNc1ccc(S)cc1.Nc1ccccc1C(F)(F)F. The number of alkyl halides is 3. The van der Waals surface area contributed by atoms with Crippen LogP contribution in [-0.4, -0.2) is 12.3 Å². The minimum Gasteiger partial charge on any atom is -0.398 e. The fourth-order valence-electron chi connectivity index (χ4n) is 2.79. The monoisotopic (exact) mass is 503 g/mol. The molecule has 0 saturated carbocycles. The second-order valence-electron chi connectivity index (χ2n) is 7.25. The molecular weight excluding hydrogens is 475 g/mol. The van der Waals surface area contributed by atoms with Gasteiger partial charge in [-0.1, -0.05) is 37.4 Å². The quantitative estimate of drug-likeness (QED) is 0.211. The summed E-state index contributed by atoms with van der Waals surface area (Å²) in [7, 11) is 1.90. The van der Waals surface area contributed by atoms with Gasteiger partial charge in [-0.2, -0.15) is 13.2 Å². The molecule has 1 aliphatic heterocycles. The summed E-state index contributed by atoms with van der Waals surface area (Å²) in [5.74, 6) is 0. The number of hydrogen-bond donors (Lipinski definition) is 4. The van der Waals surface area contributed by atoms with Gasteiger partial charge in [-0.25, -0.2) is 0 Å². The first-order chi connectivity index (χ1) is 16.0. The van der Waals surface area contributed by atoms with Crippen LogP contribution in [0.25, 0.3) is 6.08 Å². The van der Waals surface area contributed by atoms with E-state index in [0.29, 0.717) is 5.25 Å². The highest BCUT2D eigenvalue weighted by Gasteiger charge is 2.32. The average Bonchev–Trinajstić information content (AvgIpc) is 2.80. The smallest absolute Gasteiger partial charge is 0.398 e. The third kappa shape index (κ3) is 8.11. The van der Waals surface area contributed by atoms with E-state index >= 15 is 0 Å². The summed E-state index contributed by atoms with van der Waals surface area (Å²) < 4.78 is 35.9. The number of halogens is 3. The minimum absolute atomic E-state index is 0.236. The Morgan fingerprint density at radius 2 is 1.74 bits per heavy atom. The Balaban J connectivity index is 0.000000185. The van der Waals surface area contributed by atoms with Crippen molar-refractivity contribution in [1.29, 1.82) is 0 Å². The Morgan fingerprint density at radius 3 is 2.26 bits per heavy atom. The average molecular weight is 504 g/mol. The molecule has 1 atom stereocenters. The van der Waals surface area contributed by atoms with Crippen molar-refractivity contribution < 1.29 is 13.2 Å². The summed E-state index contributed by atoms with van der Waals surface area (Å²) in [5, 5.41) is 6.78. The molecule has 0 spiro atoms. The Bertz CT molecular complexity index is 1110. The van der Waals surface area contributed by atoms with Gasteiger partial charge in [0.05, 0.1) is 11.3 Å². The first-order valence-corrected chi connectivity index (χ1v) is 11.6. The van der Waals surface area contributed by atoms with Crippen LogP contribution in [0.1, 0.15) is 18.1 Å². The Morgan fingerprint density at radius 1 is 1.09 bits per heavy atom. The number of anilines is 3. The van der Waals surface area contributed by atoms with Crippen LogP contribution in [0.2, 0.25) is 0 Å². The zero-order chi connectivity index (χ0) is 25.3. The summed E-state index contributed by atoms with van der Waals surface area (Å²) in [4.78, 5) is 2.28. The maximum Gasteiger partial charge on any atom is 0.418 e. The number of rotatable bonds is 2. The molecule has 1 aliphatic rings. The fraction of sp³-hybridized carbons (Fsp3) is 0.154. The number of nitrogen functional groups attached to an aromatic ring is 1. The number of nitrogens with two attached hydrogens (primary N) is 1. The number of thiol groups is 1. The molecule has 0 aliphatic carbocycles. The second kappa shape index (κ2) is 12.5. The van der Waals surface area contributed by atoms with Crippen molar-refractivity contribution in [2.75, 3.05) is 23.4 Å². The highest BCUT2D eigenvalue weighted by atomic mass is 32.2. The Labute approximate surface area is 208 Å². The van der Waals surface area contributed by atoms with Crippen LogP contribution in [0.5, 0.6) is 0 Å². The number of hydrogen-bond acceptors (Lipinski definition) is 5. The maximum absolute atomic E-state index is 12.0. The largest absolute Gasteiger partial charge is 0.418 e. The molecule has 3 aromatic rings. The van der Waals surface area contributed by atoms with E-state index in [1.165, 1.54) is 23.1 Å². The van der Waals surface area contributed by atoms with E-state index in [4.69, 9.17) is 5.73 Å². The fourth-order valence-corrected chi connectivity index (χ4v) is 3.91. The molecule has 1 unspecified atom stereocenters. The third-order valence-corrected chi connectivity index (χ3v) is 6.30. The molecule has 0 fully saturated rings. The molecule has 0 amide bonds. The lowest BCUT2D eigenvalue weighted by Gasteiger charge is -2.25. The molecule has 0 aromatic heterocycles. The van der Waals surface area contributed by atoms with Crippen molar-refractivity contribution >= 4 is 47.5 Å². The molecule has 0 radical (unpaired) electrons. The number of para-hydroxylation sites is 1. The van der Waals surface area contributed by atoms with Gasteiger partial charge in [0, 0.05) is 39.2 Å². The Hall–Kier alpha value is -2.97. The van der Waals surface area contributed by atoms with E-state index in [1.54, 1.807) is 0 Å². The lowest BCUT2D eigenvalue weighted by atomic mass is 10.2. The number of nitrogens with one attached hydrogen (secondary N) is 2. The van der Waals surface area contributed by atoms with Gasteiger partial charge in [0.15, 0.2) is 0 Å². The van der Waals surface area contributed by atoms with Gasteiger partial charge in [0.2, 0.25) is 0 Å². The zero-order valence-electron chi connectivity index (χ0n) is 19.0. The van der Waals surface area contributed by atoms with E-state index in [2.05, 4.69) is 61.5 Å². The van der Waals surface area contributed by atoms with E-state index in [1.807, 2.05) is 49.2 Å². The standard InChI is InChI=1S/C12H13NS.C7H6F3N.C7H9NS/c1-4-10-5-6-12-11(7-10)13-8(2)9(3)14-12;8-7(9,10)5-3-1-2-4-6(5)11;1-8-6-2-4-7(9)5-3-6/h4-7,9,13H,1-2H2,3H3;1-4H,11H2;2-5,8-9H,1H3. The summed E-state index contributed by atoms with van der Waals surface area (Å²) in [5.41, 5.74) is 8.55. The van der Waals surface area contributed by atoms with Gasteiger partial charge < -0.3 is 16.4 Å². The van der Waals surface area contributed by atoms with Crippen molar-refractivity contribution in [3.63, 3.8) is 0 Å². The van der Waals surface area contributed by atoms with Crippen LogP contribution in [0, 0.1) is 0 Å². The van der Waals surface area contributed by atoms with Crippen LogP contribution in [0.4, 0.5) is 30.2 Å². The highest BCUT2D eigenvalue weighted by Crippen LogP contribution is 2.39. The normalized spacial score (nSPS) is 14.3. The minimum atomic E-state index is -4.34. The molecule has 34 heavy (non-hydrogen) atoms. The second-order valence-corrected chi connectivity index (χ2v) is 9.15. The molecule has 180 valence electrons.